The Kier molecular flexibility index (Phi) is 4.68. The van der Waals surface area contributed by atoms with Crippen molar-refractivity contribution in [3.8, 4) is 5.75 Å². The summed E-state index contributed by atoms with van der Waals surface area (Å²) in [4.78, 5) is 21.8. The average Bonchev–Trinajstić information content (AvgIpc) is 2.38. The van der Waals surface area contributed by atoms with Crippen molar-refractivity contribution in [1.29, 1.82) is 0 Å². The highest BCUT2D eigenvalue weighted by molar-refractivity contribution is 6.34. The van der Waals surface area contributed by atoms with Crippen molar-refractivity contribution < 1.29 is 14.3 Å². The number of nitrogens with zero attached hydrogens (tertiary/aromatic N) is 1. The number of nitrogens with one attached hydrogen (secondary N) is 2. The molecule has 1 aromatic carbocycles. The van der Waals surface area contributed by atoms with Crippen LogP contribution in [0, 0.1) is 0 Å². The first-order valence-electron chi connectivity index (χ1n) is 4.86. The number of amides is 2. The molecule has 6 nitrogen and oxygen atoms in total. The lowest BCUT2D eigenvalue weighted by Gasteiger charge is -1.99. The number of methoxy groups -OCH3 is 1. The molecule has 0 radical (unpaired) electrons. The molecule has 0 unspecified atom stereocenters. The van der Waals surface area contributed by atoms with Crippen molar-refractivity contribution in [2.24, 2.45) is 5.10 Å². The molecule has 1 rings (SSSR count). The molecule has 6 heteroatoms. The first-order chi connectivity index (χ1) is 8.17. The third kappa shape index (κ3) is 3.94. The van der Waals surface area contributed by atoms with Gasteiger partial charge in [-0.05, 0) is 29.8 Å². The lowest BCUT2D eigenvalue weighted by molar-refractivity contribution is -0.138. The Labute approximate surface area is 98.7 Å². The smallest absolute Gasteiger partial charge is 0.329 e. The molecule has 0 atom stereocenters. The fraction of sp³-hybridized carbons (Fsp3) is 0.182. The molecule has 0 saturated heterocycles. The number of hydrogen-bond acceptors (Lipinski definition) is 4. The Hall–Kier alpha value is -2.37. The quantitative estimate of drug-likeness (QED) is 0.436. The van der Waals surface area contributed by atoms with Crippen molar-refractivity contribution in [2.75, 3.05) is 14.2 Å². The molecule has 2 N–H and O–H groups in total. The lowest BCUT2D eigenvalue weighted by atomic mass is 10.2. The van der Waals surface area contributed by atoms with E-state index in [9.17, 15) is 9.59 Å². The van der Waals surface area contributed by atoms with Crippen LogP contribution in [-0.2, 0) is 9.59 Å². The van der Waals surface area contributed by atoms with E-state index >= 15 is 0 Å². The summed E-state index contributed by atoms with van der Waals surface area (Å²) < 4.78 is 4.99. The molecule has 0 aliphatic rings. The van der Waals surface area contributed by atoms with Crippen molar-refractivity contribution in [1.82, 2.24) is 10.7 Å². The highest BCUT2D eigenvalue weighted by Gasteiger charge is 2.08. The zero-order chi connectivity index (χ0) is 12.7. The van der Waals surface area contributed by atoms with E-state index in [0.29, 0.717) is 0 Å². The summed E-state index contributed by atoms with van der Waals surface area (Å²) in [5, 5.41) is 5.83. The molecular weight excluding hydrogens is 222 g/mol. The van der Waals surface area contributed by atoms with Gasteiger partial charge in [0.25, 0.3) is 0 Å². The van der Waals surface area contributed by atoms with E-state index in [2.05, 4.69) is 15.8 Å². The van der Waals surface area contributed by atoms with Gasteiger partial charge in [0.1, 0.15) is 5.75 Å². The molecule has 0 spiro atoms. The number of hydrogen-bond donors (Lipinski definition) is 2. The Morgan fingerprint density at radius 1 is 1.24 bits per heavy atom. The molecule has 1 aromatic rings. The van der Waals surface area contributed by atoms with Crippen LogP contribution in [0.2, 0.25) is 0 Å². The molecule has 0 heterocycles. The largest absolute Gasteiger partial charge is 0.497 e. The van der Waals surface area contributed by atoms with Crippen LogP contribution in [0.1, 0.15) is 5.56 Å². The average molecular weight is 235 g/mol. The van der Waals surface area contributed by atoms with Gasteiger partial charge in [-0.15, -0.1) is 0 Å². The second-order valence-electron chi connectivity index (χ2n) is 3.05. The maximum atomic E-state index is 11.0. The second kappa shape index (κ2) is 6.26. The zero-order valence-corrected chi connectivity index (χ0v) is 9.56. The number of likely N-dealkylation sites (N-methyl/N-ethyl adjacent to an activating group) is 1. The van der Waals surface area contributed by atoms with E-state index in [1.54, 1.807) is 31.4 Å². The SMILES string of the molecule is CNC(=O)C(=O)N/N=C\c1ccc(OC)cc1. The van der Waals surface area contributed by atoms with E-state index in [-0.39, 0.29) is 0 Å². The molecule has 90 valence electrons. The van der Waals surface area contributed by atoms with Crippen LogP contribution >= 0.6 is 0 Å². The predicted molar refractivity (Wildman–Crippen MR) is 62.8 cm³/mol. The minimum absolute atomic E-state index is 0.733. The number of rotatable bonds is 3. The number of benzene rings is 1. The topological polar surface area (TPSA) is 79.8 Å². The summed E-state index contributed by atoms with van der Waals surface area (Å²) >= 11 is 0. The Morgan fingerprint density at radius 3 is 2.41 bits per heavy atom. The van der Waals surface area contributed by atoms with Gasteiger partial charge in [-0.25, -0.2) is 5.43 Å². The summed E-state index contributed by atoms with van der Waals surface area (Å²) in [6.07, 6.45) is 1.43. The van der Waals surface area contributed by atoms with Gasteiger partial charge >= 0.3 is 11.8 Å². The number of carbonyl (C=O) groups is 2. The standard InChI is InChI=1S/C11H13N3O3/c1-12-10(15)11(16)14-13-7-8-3-5-9(17-2)6-4-8/h3-7H,1-2H3,(H,12,15)(H,14,16)/b13-7-. The summed E-state index contributed by atoms with van der Waals surface area (Å²) in [7, 11) is 2.95. The molecule has 0 aromatic heterocycles. The third-order valence-electron chi connectivity index (χ3n) is 1.93. The van der Waals surface area contributed by atoms with Gasteiger partial charge in [-0.3, -0.25) is 9.59 Å². The maximum absolute atomic E-state index is 11.0. The Morgan fingerprint density at radius 2 is 1.88 bits per heavy atom. The molecule has 0 saturated carbocycles. The summed E-state index contributed by atoms with van der Waals surface area (Å²) in [5.74, 6) is -0.814. The van der Waals surface area contributed by atoms with Crippen molar-refractivity contribution >= 4 is 18.0 Å². The van der Waals surface area contributed by atoms with E-state index in [1.807, 2.05) is 0 Å². The van der Waals surface area contributed by atoms with Crippen molar-refractivity contribution in [3.05, 3.63) is 29.8 Å². The van der Waals surface area contributed by atoms with Crippen LogP contribution in [0.25, 0.3) is 0 Å². The normalized spacial score (nSPS) is 10.0. The molecule has 17 heavy (non-hydrogen) atoms. The Bertz CT molecular complexity index is 426. The van der Waals surface area contributed by atoms with Crippen LogP contribution in [-0.4, -0.2) is 32.2 Å². The second-order valence-corrected chi connectivity index (χ2v) is 3.05. The molecule has 0 bridgehead atoms. The summed E-state index contributed by atoms with van der Waals surface area (Å²) in [6.45, 7) is 0. The molecule has 0 aliphatic heterocycles. The van der Waals surface area contributed by atoms with Gasteiger partial charge in [0.2, 0.25) is 0 Å². The van der Waals surface area contributed by atoms with Crippen LogP contribution in [0.4, 0.5) is 0 Å². The molecular formula is C11H13N3O3. The van der Waals surface area contributed by atoms with E-state index < -0.39 is 11.8 Å². The lowest BCUT2D eigenvalue weighted by Crippen LogP contribution is -2.35. The van der Waals surface area contributed by atoms with Gasteiger partial charge in [0.05, 0.1) is 13.3 Å². The number of carbonyl (C=O) groups excluding carboxylic acids is 2. The van der Waals surface area contributed by atoms with Crippen LogP contribution in [0.5, 0.6) is 5.75 Å². The first kappa shape index (κ1) is 12.7. The van der Waals surface area contributed by atoms with Gasteiger partial charge in [-0.1, -0.05) is 0 Å². The summed E-state index contributed by atoms with van der Waals surface area (Å²) in [6, 6.07) is 7.08. The minimum Gasteiger partial charge on any atom is -0.497 e. The van der Waals surface area contributed by atoms with Crippen molar-refractivity contribution in [2.45, 2.75) is 0 Å². The molecule has 0 aliphatic carbocycles. The van der Waals surface area contributed by atoms with Crippen LogP contribution < -0.4 is 15.5 Å². The fourth-order valence-electron chi connectivity index (χ4n) is 1.02. The van der Waals surface area contributed by atoms with E-state index in [4.69, 9.17) is 4.74 Å². The van der Waals surface area contributed by atoms with Crippen LogP contribution in [0.15, 0.2) is 29.4 Å². The molecule has 0 fully saturated rings. The minimum atomic E-state index is -0.808. The number of hydrazone groups is 1. The van der Waals surface area contributed by atoms with Gasteiger partial charge in [0.15, 0.2) is 0 Å². The third-order valence-corrected chi connectivity index (χ3v) is 1.93. The Balaban J connectivity index is 2.53. The zero-order valence-electron chi connectivity index (χ0n) is 9.56. The monoisotopic (exact) mass is 235 g/mol. The van der Waals surface area contributed by atoms with Crippen molar-refractivity contribution in [3.63, 3.8) is 0 Å². The van der Waals surface area contributed by atoms with E-state index in [0.717, 1.165) is 11.3 Å². The molecule has 2 amide bonds. The predicted octanol–water partition coefficient (Wildman–Crippen LogP) is -0.109. The number of ether oxygens (including phenoxy) is 1. The van der Waals surface area contributed by atoms with Crippen LogP contribution in [0.3, 0.4) is 0 Å². The fourth-order valence-corrected chi connectivity index (χ4v) is 1.02. The first-order valence-corrected chi connectivity index (χ1v) is 4.86. The van der Waals surface area contributed by atoms with Gasteiger partial charge in [-0.2, -0.15) is 5.10 Å². The maximum Gasteiger partial charge on any atom is 0.329 e. The van der Waals surface area contributed by atoms with Gasteiger partial charge in [0, 0.05) is 7.05 Å². The highest BCUT2D eigenvalue weighted by atomic mass is 16.5. The van der Waals surface area contributed by atoms with Gasteiger partial charge < -0.3 is 10.1 Å². The van der Waals surface area contributed by atoms with E-state index in [1.165, 1.54) is 13.3 Å². The highest BCUT2D eigenvalue weighted by Crippen LogP contribution is 2.09. The summed E-state index contributed by atoms with van der Waals surface area (Å²) in [5.41, 5.74) is 2.88.